The van der Waals surface area contributed by atoms with Crippen LogP contribution in [0.1, 0.15) is 5.56 Å². The molecule has 2 aromatic heterocycles. The fourth-order valence-electron chi connectivity index (χ4n) is 1.97. The summed E-state index contributed by atoms with van der Waals surface area (Å²) in [6, 6.07) is 11.0. The molecule has 0 amide bonds. The normalized spacial score (nSPS) is 10.9. The molecule has 0 unspecified atom stereocenters. The minimum Gasteiger partial charge on any atom is -0.383 e. The average molecular weight is 299 g/mol. The monoisotopic (exact) mass is 299 g/mol. The number of rotatable bonds is 3. The van der Waals surface area contributed by atoms with Gasteiger partial charge >= 0.3 is 0 Å². The molecule has 3 aromatic rings. The highest BCUT2D eigenvalue weighted by Gasteiger charge is 2.09. The number of pyridine rings is 1. The molecule has 5 N–H and O–H groups in total. The zero-order chi connectivity index (χ0) is 14.8. The van der Waals surface area contributed by atoms with E-state index < -0.39 is 0 Å². The quantitative estimate of drug-likeness (QED) is 0.632. The van der Waals surface area contributed by atoms with Crippen molar-refractivity contribution in [2.45, 2.75) is 16.7 Å². The van der Waals surface area contributed by atoms with Crippen molar-refractivity contribution in [3.63, 3.8) is 0 Å². The number of aromatic amines is 1. The van der Waals surface area contributed by atoms with Gasteiger partial charge in [-0.3, -0.25) is 4.79 Å². The zero-order valence-corrected chi connectivity index (χ0v) is 11.9. The van der Waals surface area contributed by atoms with E-state index in [0.29, 0.717) is 16.7 Å². The van der Waals surface area contributed by atoms with Crippen molar-refractivity contribution in [3.8, 4) is 0 Å². The summed E-state index contributed by atoms with van der Waals surface area (Å²) in [5, 5.41) is 2.14. The van der Waals surface area contributed by atoms with E-state index >= 15 is 0 Å². The summed E-state index contributed by atoms with van der Waals surface area (Å²) in [4.78, 5) is 22.7. The molecule has 0 saturated carbocycles. The maximum atomic E-state index is 11.4. The Labute approximate surface area is 124 Å². The number of fused-ring (bicyclic) bond motifs is 1. The highest BCUT2D eigenvalue weighted by Crippen LogP contribution is 2.28. The predicted octanol–water partition coefficient (Wildman–Crippen LogP) is 1.51. The Kier molecular flexibility index (Phi) is 3.59. The van der Waals surface area contributed by atoms with Crippen LogP contribution in [0.2, 0.25) is 0 Å². The van der Waals surface area contributed by atoms with Gasteiger partial charge in [0.2, 0.25) is 0 Å². The molecule has 2 heterocycles. The van der Waals surface area contributed by atoms with Crippen LogP contribution < -0.4 is 17.0 Å². The molecule has 0 saturated heterocycles. The smallest absolute Gasteiger partial charge is 0.253 e. The first-order valence-electron chi connectivity index (χ1n) is 6.29. The van der Waals surface area contributed by atoms with Crippen LogP contribution in [0, 0.1) is 0 Å². The molecule has 0 fully saturated rings. The predicted molar refractivity (Wildman–Crippen MR) is 83.0 cm³/mol. The van der Waals surface area contributed by atoms with Crippen LogP contribution in [0.3, 0.4) is 0 Å². The van der Waals surface area contributed by atoms with Crippen LogP contribution >= 0.6 is 11.8 Å². The molecule has 0 aliphatic carbocycles. The maximum absolute atomic E-state index is 11.4. The fraction of sp³-hybridized carbons (Fsp3) is 0.0714. The molecule has 0 aliphatic heterocycles. The van der Waals surface area contributed by atoms with Gasteiger partial charge in [-0.15, -0.1) is 0 Å². The Morgan fingerprint density at radius 2 is 2.00 bits per heavy atom. The molecular weight excluding hydrogens is 286 g/mol. The summed E-state index contributed by atoms with van der Waals surface area (Å²) < 4.78 is 0. The summed E-state index contributed by atoms with van der Waals surface area (Å²) in [5.74, 6) is 0.177. The minimum atomic E-state index is -0.292. The zero-order valence-electron chi connectivity index (χ0n) is 11.0. The molecule has 3 rings (SSSR count). The van der Waals surface area contributed by atoms with E-state index in [0.717, 1.165) is 16.5 Å². The topological polar surface area (TPSA) is 111 Å². The Morgan fingerprint density at radius 1 is 1.19 bits per heavy atom. The number of hydrogen-bond donors (Lipinski definition) is 3. The standard InChI is InChI=1S/C14H13N5OS/c15-7-9-5-8-3-1-2-4-10(8)17-13(9)21-14-18-11(16)6-12(20)19-14/h1-6H,7,15H2,(H3,16,18,19,20). The van der Waals surface area contributed by atoms with E-state index in [9.17, 15) is 4.79 Å². The van der Waals surface area contributed by atoms with E-state index in [1.807, 2.05) is 30.3 Å². The first kappa shape index (κ1) is 13.6. The molecule has 0 spiro atoms. The second kappa shape index (κ2) is 5.55. The number of benzene rings is 1. The molecule has 21 heavy (non-hydrogen) atoms. The molecule has 7 heteroatoms. The van der Waals surface area contributed by atoms with Crippen LogP contribution in [0.15, 0.2) is 51.4 Å². The van der Waals surface area contributed by atoms with E-state index in [-0.39, 0.29) is 11.4 Å². The maximum Gasteiger partial charge on any atom is 0.253 e. The van der Waals surface area contributed by atoms with Gasteiger partial charge in [0.25, 0.3) is 5.56 Å². The summed E-state index contributed by atoms with van der Waals surface area (Å²) in [5.41, 5.74) is 12.8. The van der Waals surface area contributed by atoms with Crippen LogP contribution in [0.5, 0.6) is 0 Å². The third-order valence-corrected chi connectivity index (χ3v) is 3.85. The van der Waals surface area contributed by atoms with Gasteiger partial charge in [0, 0.05) is 18.0 Å². The van der Waals surface area contributed by atoms with Gasteiger partial charge in [0.05, 0.1) is 5.52 Å². The number of nitrogens with one attached hydrogen (secondary N) is 1. The largest absolute Gasteiger partial charge is 0.383 e. The number of H-pyrrole nitrogens is 1. The Morgan fingerprint density at radius 3 is 2.76 bits per heavy atom. The molecular formula is C14H13N5OS. The molecule has 106 valence electrons. The van der Waals surface area contributed by atoms with E-state index in [1.54, 1.807) is 0 Å². The highest BCUT2D eigenvalue weighted by molar-refractivity contribution is 7.99. The van der Waals surface area contributed by atoms with Gasteiger partial charge in [-0.25, -0.2) is 9.97 Å². The number of hydrogen-bond acceptors (Lipinski definition) is 6. The van der Waals surface area contributed by atoms with Crippen molar-refractivity contribution in [2.24, 2.45) is 5.73 Å². The Bertz CT molecular complexity index is 861. The third kappa shape index (κ3) is 2.88. The number of nitrogens with zero attached hydrogens (tertiary/aromatic N) is 2. The van der Waals surface area contributed by atoms with Crippen molar-refractivity contribution >= 4 is 28.5 Å². The highest BCUT2D eigenvalue weighted by atomic mass is 32.2. The number of nitrogen functional groups attached to an aromatic ring is 1. The average Bonchev–Trinajstić information content (AvgIpc) is 2.45. The number of anilines is 1. The number of nitrogens with two attached hydrogens (primary N) is 2. The lowest BCUT2D eigenvalue weighted by Gasteiger charge is -2.08. The van der Waals surface area contributed by atoms with Crippen LogP contribution in [-0.2, 0) is 6.54 Å². The summed E-state index contributed by atoms with van der Waals surface area (Å²) in [6.45, 7) is 0.354. The summed E-state index contributed by atoms with van der Waals surface area (Å²) >= 11 is 1.24. The molecule has 0 atom stereocenters. The molecule has 0 radical (unpaired) electrons. The van der Waals surface area contributed by atoms with Crippen molar-refractivity contribution in [1.82, 2.24) is 15.0 Å². The number of para-hydroxylation sites is 1. The second-order valence-corrected chi connectivity index (χ2v) is 5.40. The van der Waals surface area contributed by atoms with E-state index in [1.165, 1.54) is 17.8 Å². The lowest BCUT2D eigenvalue weighted by atomic mass is 10.1. The van der Waals surface area contributed by atoms with Crippen molar-refractivity contribution < 1.29 is 0 Å². The van der Waals surface area contributed by atoms with Crippen LogP contribution in [-0.4, -0.2) is 15.0 Å². The van der Waals surface area contributed by atoms with E-state index in [2.05, 4.69) is 15.0 Å². The van der Waals surface area contributed by atoms with Crippen LogP contribution in [0.4, 0.5) is 5.82 Å². The lowest BCUT2D eigenvalue weighted by Crippen LogP contribution is -2.10. The first-order chi connectivity index (χ1) is 10.2. The van der Waals surface area contributed by atoms with Crippen molar-refractivity contribution in [1.29, 1.82) is 0 Å². The molecule has 1 aromatic carbocycles. The Hall–Kier alpha value is -2.38. The molecule has 0 bridgehead atoms. The first-order valence-corrected chi connectivity index (χ1v) is 7.11. The summed E-state index contributed by atoms with van der Waals surface area (Å²) in [6.07, 6.45) is 0. The summed E-state index contributed by atoms with van der Waals surface area (Å²) in [7, 11) is 0. The van der Waals surface area contributed by atoms with Gasteiger partial charge < -0.3 is 16.5 Å². The lowest BCUT2D eigenvalue weighted by molar-refractivity contribution is 0.929. The Balaban J connectivity index is 2.08. The second-order valence-electron chi connectivity index (χ2n) is 4.43. The molecule has 6 nitrogen and oxygen atoms in total. The fourth-order valence-corrected chi connectivity index (χ4v) is 2.87. The van der Waals surface area contributed by atoms with Crippen LogP contribution in [0.25, 0.3) is 10.9 Å². The van der Waals surface area contributed by atoms with Gasteiger partial charge in [0.15, 0.2) is 5.16 Å². The van der Waals surface area contributed by atoms with Gasteiger partial charge in [-0.05, 0) is 29.5 Å². The SMILES string of the molecule is NCc1cc2ccccc2nc1Sc1nc(N)cc(=O)[nH]1. The van der Waals surface area contributed by atoms with Crippen molar-refractivity contribution in [2.75, 3.05) is 5.73 Å². The van der Waals surface area contributed by atoms with Gasteiger partial charge in [-0.2, -0.15) is 0 Å². The van der Waals surface area contributed by atoms with Crippen molar-refractivity contribution in [3.05, 3.63) is 52.3 Å². The molecule has 0 aliphatic rings. The van der Waals surface area contributed by atoms with Gasteiger partial charge in [0.1, 0.15) is 10.8 Å². The minimum absolute atomic E-state index is 0.177. The third-order valence-electron chi connectivity index (χ3n) is 2.92. The van der Waals surface area contributed by atoms with Gasteiger partial charge in [-0.1, -0.05) is 18.2 Å². The van der Waals surface area contributed by atoms with E-state index in [4.69, 9.17) is 11.5 Å². The number of aromatic nitrogens is 3.